The van der Waals surface area contributed by atoms with Gasteiger partial charge in [-0.2, -0.15) is 0 Å². The Hall–Kier alpha value is -3.60. The molecule has 0 radical (unpaired) electrons. The number of rotatable bonds is 4. The van der Waals surface area contributed by atoms with E-state index in [1.165, 1.54) is 30.4 Å². The molecule has 2 amide bonds. The highest BCUT2D eigenvalue weighted by molar-refractivity contribution is 5.93. The number of imidazole rings is 1. The SMILES string of the molecule is Cc1cc(NC(=O)NC2CCCCC2)c2nc(-c3ccc(-c4ccccc4)cc3)cn2c1. The van der Waals surface area contributed by atoms with Gasteiger partial charge < -0.3 is 15.0 Å². The van der Waals surface area contributed by atoms with Gasteiger partial charge in [0.25, 0.3) is 0 Å². The maximum atomic E-state index is 12.6. The highest BCUT2D eigenvalue weighted by Crippen LogP contribution is 2.27. The highest BCUT2D eigenvalue weighted by atomic mass is 16.2. The van der Waals surface area contributed by atoms with Crippen molar-refractivity contribution in [2.24, 2.45) is 0 Å². The normalized spacial score (nSPS) is 14.4. The molecule has 1 fully saturated rings. The number of benzene rings is 2. The van der Waals surface area contributed by atoms with Crippen LogP contribution < -0.4 is 10.6 Å². The minimum Gasteiger partial charge on any atom is -0.335 e. The Morgan fingerprint density at radius 2 is 1.59 bits per heavy atom. The van der Waals surface area contributed by atoms with E-state index >= 15 is 0 Å². The van der Waals surface area contributed by atoms with Crippen molar-refractivity contribution in [2.75, 3.05) is 5.32 Å². The van der Waals surface area contributed by atoms with Crippen LogP contribution in [0.25, 0.3) is 28.0 Å². The average molecular weight is 425 g/mol. The van der Waals surface area contributed by atoms with Crippen molar-refractivity contribution >= 4 is 17.4 Å². The van der Waals surface area contributed by atoms with Gasteiger partial charge >= 0.3 is 6.03 Å². The van der Waals surface area contributed by atoms with Gasteiger partial charge in [0.15, 0.2) is 5.65 Å². The number of hydrogen-bond acceptors (Lipinski definition) is 2. The van der Waals surface area contributed by atoms with Crippen molar-refractivity contribution in [2.45, 2.75) is 45.1 Å². The lowest BCUT2D eigenvalue weighted by Gasteiger charge is -2.23. The second kappa shape index (κ2) is 8.87. The third kappa shape index (κ3) is 4.37. The van der Waals surface area contributed by atoms with E-state index in [2.05, 4.69) is 47.0 Å². The molecule has 4 aromatic rings. The first-order chi connectivity index (χ1) is 15.7. The van der Waals surface area contributed by atoms with E-state index in [1.807, 2.05) is 48.0 Å². The molecule has 0 spiro atoms. The second-order valence-electron chi connectivity index (χ2n) is 8.66. The number of amides is 2. The molecular weight excluding hydrogens is 396 g/mol. The van der Waals surface area contributed by atoms with Gasteiger partial charge in [-0.15, -0.1) is 0 Å². The van der Waals surface area contributed by atoms with Gasteiger partial charge in [-0.1, -0.05) is 73.9 Å². The largest absolute Gasteiger partial charge is 0.335 e. The van der Waals surface area contributed by atoms with Crippen LogP contribution in [-0.2, 0) is 0 Å². The van der Waals surface area contributed by atoms with Crippen molar-refractivity contribution in [1.29, 1.82) is 0 Å². The monoisotopic (exact) mass is 424 g/mol. The fourth-order valence-corrected chi connectivity index (χ4v) is 4.53. The number of pyridine rings is 1. The van der Waals surface area contributed by atoms with Gasteiger partial charge in [-0.05, 0) is 42.5 Å². The first kappa shape index (κ1) is 20.3. The predicted molar refractivity (Wildman–Crippen MR) is 130 cm³/mol. The number of aromatic nitrogens is 2. The molecule has 2 aromatic heterocycles. The van der Waals surface area contributed by atoms with E-state index in [0.717, 1.165) is 41.0 Å². The number of urea groups is 1. The number of hydrogen-bond donors (Lipinski definition) is 2. The van der Waals surface area contributed by atoms with Crippen molar-refractivity contribution in [3.05, 3.63) is 78.6 Å². The lowest BCUT2D eigenvalue weighted by atomic mass is 9.96. The zero-order chi connectivity index (χ0) is 21.9. The van der Waals surface area contributed by atoms with Crippen LogP contribution in [0.2, 0.25) is 0 Å². The molecule has 2 heterocycles. The molecule has 162 valence electrons. The molecule has 5 nitrogen and oxygen atoms in total. The lowest BCUT2D eigenvalue weighted by molar-refractivity contribution is 0.244. The van der Waals surface area contributed by atoms with Crippen LogP contribution in [0.4, 0.5) is 10.5 Å². The Bertz CT molecular complexity index is 1220. The van der Waals surface area contributed by atoms with Gasteiger partial charge in [0, 0.05) is 24.0 Å². The first-order valence-electron chi connectivity index (χ1n) is 11.4. The van der Waals surface area contributed by atoms with Crippen molar-refractivity contribution in [1.82, 2.24) is 14.7 Å². The molecule has 1 aliphatic carbocycles. The number of nitrogens with zero attached hydrogens (tertiary/aromatic N) is 2. The Morgan fingerprint density at radius 1 is 0.906 bits per heavy atom. The van der Waals surface area contributed by atoms with Gasteiger partial charge in [-0.3, -0.25) is 0 Å². The van der Waals surface area contributed by atoms with Gasteiger partial charge in [0.2, 0.25) is 0 Å². The van der Waals surface area contributed by atoms with Crippen LogP contribution in [-0.4, -0.2) is 21.5 Å². The molecule has 0 saturated heterocycles. The molecule has 2 aromatic carbocycles. The van der Waals surface area contributed by atoms with Crippen LogP contribution in [0.3, 0.4) is 0 Å². The smallest absolute Gasteiger partial charge is 0.319 e. The molecule has 32 heavy (non-hydrogen) atoms. The highest BCUT2D eigenvalue weighted by Gasteiger charge is 2.17. The fraction of sp³-hybridized carbons (Fsp3) is 0.259. The second-order valence-corrected chi connectivity index (χ2v) is 8.66. The number of carbonyl (C=O) groups excluding carboxylic acids is 1. The summed E-state index contributed by atoms with van der Waals surface area (Å²) in [5.41, 5.74) is 6.83. The number of aryl methyl sites for hydroxylation is 1. The number of fused-ring (bicyclic) bond motifs is 1. The fourth-order valence-electron chi connectivity index (χ4n) is 4.53. The van der Waals surface area contributed by atoms with Gasteiger partial charge in [-0.25, -0.2) is 9.78 Å². The molecule has 0 aliphatic heterocycles. The Morgan fingerprint density at radius 3 is 2.34 bits per heavy atom. The minimum absolute atomic E-state index is 0.152. The summed E-state index contributed by atoms with van der Waals surface area (Å²) in [5.74, 6) is 0. The molecule has 2 N–H and O–H groups in total. The van der Waals surface area contributed by atoms with Crippen LogP contribution in [0.1, 0.15) is 37.7 Å². The summed E-state index contributed by atoms with van der Waals surface area (Å²) in [6, 6.07) is 20.9. The first-order valence-corrected chi connectivity index (χ1v) is 11.4. The molecular formula is C27H28N4O. The molecule has 0 bridgehead atoms. The van der Waals surface area contributed by atoms with E-state index in [9.17, 15) is 4.79 Å². The number of nitrogens with one attached hydrogen (secondary N) is 2. The number of carbonyl (C=O) groups is 1. The van der Waals surface area contributed by atoms with Crippen molar-refractivity contribution in [3.63, 3.8) is 0 Å². The summed E-state index contributed by atoms with van der Waals surface area (Å²) in [6.07, 6.45) is 9.81. The Balaban J connectivity index is 1.39. The molecule has 5 heteroatoms. The summed E-state index contributed by atoms with van der Waals surface area (Å²) in [4.78, 5) is 17.5. The van der Waals surface area contributed by atoms with Gasteiger partial charge in [0.1, 0.15) is 0 Å². The van der Waals surface area contributed by atoms with Crippen molar-refractivity contribution in [3.8, 4) is 22.4 Å². The Labute approximate surface area is 188 Å². The number of anilines is 1. The summed E-state index contributed by atoms with van der Waals surface area (Å²) in [7, 11) is 0. The Kier molecular flexibility index (Phi) is 5.63. The van der Waals surface area contributed by atoms with Crippen LogP contribution >= 0.6 is 0 Å². The maximum Gasteiger partial charge on any atom is 0.319 e. The molecule has 0 unspecified atom stereocenters. The molecule has 0 atom stereocenters. The summed E-state index contributed by atoms with van der Waals surface area (Å²) < 4.78 is 1.99. The lowest BCUT2D eigenvalue weighted by Crippen LogP contribution is -2.39. The predicted octanol–water partition coefficient (Wildman–Crippen LogP) is 6.43. The molecule has 1 saturated carbocycles. The third-order valence-electron chi connectivity index (χ3n) is 6.16. The van der Waals surface area contributed by atoms with E-state index in [-0.39, 0.29) is 12.1 Å². The van der Waals surface area contributed by atoms with E-state index < -0.39 is 0 Å². The van der Waals surface area contributed by atoms with Crippen LogP contribution in [0, 0.1) is 6.92 Å². The summed E-state index contributed by atoms with van der Waals surface area (Å²) >= 11 is 0. The molecule has 1 aliphatic rings. The topological polar surface area (TPSA) is 58.4 Å². The zero-order valence-corrected chi connectivity index (χ0v) is 18.3. The average Bonchev–Trinajstić information content (AvgIpc) is 3.25. The summed E-state index contributed by atoms with van der Waals surface area (Å²) in [6.45, 7) is 2.03. The van der Waals surface area contributed by atoms with Gasteiger partial charge in [0.05, 0.1) is 11.4 Å². The quantitative estimate of drug-likeness (QED) is 0.396. The maximum absolute atomic E-state index is 12.6. The zero-order valence-electron chi connectivity index (χ0n) is 18.3. The minimum atomic E-state index is -0.152. The molecule has 5 rings (SSSR count). The standard InChI is InChI=1S/C27H28N4O/c1-19-16-24(30-27(32)28-23-10-6-3-7-11-23)26-29-25(18-31(26)17-19)22-14-12-21(13-15-22)20-8-4-2-5-9-20/h2,4-5,8-9,12-18,23H,3,6-7,10-11H2,1H3,(H2,28,30,32). The van der Waals surface area contributed by atoms with E-state index in [4.69, 9.17) is 4.98 Å². The summed E-state index contributed by atoms with van der Waals surface area (Å²) in [5, 5.41) is 6.16. The van der Waals surface area contributed by atoms with Crippen molar-refractivity contribution < 1.29 is 4.79 Å². The third-order valence-corrected chi connectivity index (χ3v) is 6.16. The van der Waals surface area contributed by atoms with E-state index in [0.29, 0.717) is 0 Å². The van der Waals surface area contributed by atoms with E-state index in [1.54, 1.807) is 0 Å². The van der Waals surface area contributed by atoms with Crippen LogP contribution in [0.15, 0.2) is 73.1 Å². The van der Waals surface area contributed by atoms with Crippen LogP contribution in [0.5, 0.6) is 0 Å².